The zero-order chi connectivity index (χ0) is 16.9. The molecule has 122 valence electrons. The Bertz CT molecular complexity index is 868. The Morgan fingerprint density at radius 1 is 1.13 bits per heavy atom. The van der Waals surface area contributed by atoms with E-state index in [0.717, 1.165) is 16.6 Å². The van der Waals surface area contributed by atoms with Crippen LogP contribution in [-0.2, 0) is 22.1 Å². The number of piperidine rings is 1. The van der Waals surface area contributed by atoms with Gasteiger partial charge in [-0.25, -0.2) is 4.79 Å². The van der Waals surface area contributed by atoms with E-state index in [1.54, 1.807) is 11.6 Å². The van der Waals surface area contributed by atoms with E-state index in [4.69, 9.17) is 0 Å². The molecule has 1 saturated heterocycles. The van der Waals surface area contributed by atoms with E-state index in [1.165, 1.54) is 4.57 Å². The number of aromatic nitrogens is 2. The van der Waals surface area contributed by atoms with Crippen LogP contribution in [0.2, 0.25) is 0 Å². The van der Waals surface area contributed by atoms with E-state index in [-0.39, 0.29) is 23.4 Å². The first-order valence-electron chi connectivity index (χ1n) is 7.75. The van der Waals surface area contributed by atoms with Gasteiger partial charge in [0.05, 0.1) is 11.0 Å². The van der Waals surface area contributed by atoms with Crippen LogP contribution in [0, 0.1) is 0 Å². The predicted octanol–water partition coefficient (Wildman–Crippen LogP) is 1.62. The largest absolute Gasteiger partial charge is 0.329 e. The quantitative estimate of drug-likeness (QED) is 0.813. The lowest BCUT2D eigenvalue weighted by atomic mass is 9.87. The number of imidazole rings is 1. The van der Waals surface area contributed by atoms with Crippen molar-refractivity contribution in [1.82, 2.24) is 14.5 Å². The molecule has 2 amide bonds. The fourth-order valence-corrected chi connectivity index (χ4v) is 3.06. The van der Waals surface area contributed by atoms with Crippen molar-refractivity contribution in [2.24, 2.45) is 7.05 Å². The Morgan fingerprint density at radius 2 is 1.83 bits per heavy atom. The third kappa shape index (κ3) is 2.48. The summed E-state index contributed by atoms with van der Waals surface area (Å²) in [7, 11) is 1.71. The minimum Gasteiger partial charge on any atom is -0.295 e. The van der Waals surface area contributed by atoms with Gasteiger partial charge in [0.1, 0.15) is 6.04 Å². The number of imide groups is 1. The Hall–Kier alpha value is -2.37. The van der Waals surface area contributed by atoms with E-state index in [2.05, 4.69) is 26.1 Å². The van der Waals surface area contributed by atoms with E-state index >= 15 is 0 Å². The first-order valence-corrected chi connectivity index (χ1v) is 7.75. The lowest BCUT2D eigenvalue weighted by Gasteiger charge is -2.22. The highest BCUT2D eigenvalue weighted by Crippen LogP contribution is 2.28. The van der Waals surface area contributed by atoms with Gasteiger partial charge in [-0.3, -0.25) is 24.0 Å². The van der Waals surface area contributed by atoms with Crippen molar-refractivity contribution < 1.29 is 9.59 Å². The molecular weight excluding hydrogens is 294 g/mol. The second-order valence-corrected chi connectivity index (χ2v) is 7.13. The maximum Gasteiger partial charge on any atom is 0.329 e. The van der Waals surface area contributed by atoms with Crippen molar-refractivity contribution in [1.29, 1.82) is 0 Å². The van der Waals surface area contributed by atoms with E-state index in [0.29, 0.717) is 6.42 Å². The van der Waals surface area contributed by atoms with Gasteiger partial charge in [0.2, 0.25) is 11.8 Å². The first kappa shape index (κ1) is 15.5. The van der Waals surface area contributed by atoms with E-state index < -0.39 is 11.9 Å². The summed E-state index contributed by atoms with van der Waals surface area (Å²) in [4.78, 5) is 36.1. The number of amides is 2. The van der Waals surface area contributed by atoms with Gasteiger partial charge in [0.15, 0.2) is 0 Å². The molecule has 0 saturated carbocycles. The molecule has 1 aliphatic rings. The molecule has 1 aliphatic heterocycles. The zero-order valence-corrected chi connectivity index (χ0v) is 13.8. The molecule has 2 aromatic rings. The summed E-state index contributed by atoms with van der Waals surface area (Å²) >= 11 is 0. The zero-order valence-electron chi connectivity index (χ0n) is 13.8. The molecule has 2 heterocycles. The predicted molar refractivity (Wildman–Crippen MR) is 87.3 cm³/mol. The van der Waals surface area contributed by atoms with Crippen LogP contribution in [0.4, 0.5) is 0 Å². The van der Waals surface area contributed by atoms with Gasteiger partial charge in [-0.05, 0) is 29.5 Å². The lowest BCUT2D eigenvalue weighted by molar-refractivity contribution is -0.135. The standard InChI is InChI=1S/C17H21N3O3/c1-17(2,3)10-5-6-11-13(9-10)19(4)16(23)20(11)12-7-8-14(21)18-15(12)22/h5-6,9,12H,7-8H2,1-4H3,(H,18,21,22). The molecule has 0 spiro atoms. The van der Waals surface area contributed by atoms with Crippen LogP contribution in [0.1, 0.15) is 45.2 Å². The molecule has 1 aromatic carbocycles. The fraction of sp³-hybridized carbons (Fsp3) is 0.471. The van der Waals surface area contributed by atoms with Gasteiger partial charge in [0, 0.05) is 13.5 Å². The summed E-state index contributed by atoms with van der Waals surface area (Å²) in [6, 6.07) is 5.24. The number of aryl methyl sites for hydroxylation is 1. The molecule has 0 bridgehead atoms. The Balaban J connectivity index is 2.19. The molecule has 0 aliphatic carbocycles. The van der Waals surface area contributed by atoms with Crippen molar-refractivity contribution in [3.63, 3.8) is 0 Å². The van der Waals surface area contributed by atoms with Gasteiger partial charge < -0.3 is 0 Å². The summed E-state index contributed by atoms with van der Waals surface area (Å²) in [5, 5.41) is 2.32. The highest BCUT2D eigenvalue weighted by Gasteiger charge is 2.31. The smallest absolute Gasteiger partial charge is 0.295 e. The maximum absolute atomic E-state index is 12.6. The summed E-state index contributed by atoms with van der Waals surface area (Å²) in [6.45, 7) is 6.34. The average Bonchev–Trinajstić information content (AvgIpc) is 2.71. The minimum absolute atomic E-state index is 0.0268. The number of fused-ring (bicyclic) bond motifs is 1. The summed E-state index contributed by atoms with van der Waals surface area (Å²) < 4.78 is 3.07. The third-order valence-corrected chi connectivity index (χ3v) is 4.48. The third-order valence-electron chi connectivity index (χ3n) is 4.48. The Kier molecular flexibility index (Phi) is 3.43. The molecular formula is C17H21N3O3. The van der Waals surface area contributed by atoms with E-state index in [1.807, 2.05) is 18.2 Å². The van der Waals surface area contributed by atoms with Crippen molar-refractivity contribution in [2.45, 2.75) is 45.1 Å². The number of nitrogens with zero attached hydrogens (tertiary/aromatic N) is 2. The summed E-state index contributed by atoms with van der Waals surface area (Å²) in [6.07, 6.45) is 0.601. The van der Waals surface area contributed by atoms with Crippen LogP contribution in [0.5, 0.6) is 0 Å². The molecule has 1 aromatic heterocycles. The number of benzene rings is 1. The second-order valence-electron chi connectivity index (χ2n) is 7.13. The normalized spacial score (nSPS) is 19.2. The van der Waals surface area contributed by atoms with Crippen LogP contribution in [0.3, 0.4) is 0 Å². The molecule has 6 heteroatoms. The summed E-state index contributed by atoms with van der Waals surface area (Å²) in [5.74, 6) is -0.690. The number of nitrogens with one attached hydrogen (secondary N) is 1. The Morgan fingerprint density at radius 3 is 2.43 bits per heavy atom. The van der Waals surface area contributed by atoms with Crippen LogP contribution in [0.25, 0.3) is 11.0 Å². The number of hydrogen-bond donors (Lipinski definition) is 1. The maximum atomic E-state index is 12.6. The number of carbonyl (C=O) groups excluding carboxylic acids is 2. The number of rotatable bonds is 1. The molecule has 1 unspecified atom stereocenters. The molecule has 0 radical (unpaired) electrons. The van der Waals surface area contributed by atoms with Gasteiger partial charge in [-0.2, -0.15) is 0 Å². The molecule has 1 N–H and O–H groups in total. The minimum atomic E-state index is -0.635. The molecule has 6 nitrogen and oxygen atoms in total. The van der Waals surface area contributed by atoms with Gasteiger partial charge >= 0.3 is 5.69 Å². The van der Waals surface area contributed by atoms with Crippen molar-refractivity contribution in [3.05, 3.63) is 34.2 Å². The SMILES string of the molecule is Cn1c(=O)n(C2CCC(=O)NC2=O)c2ccc(C(C)(C)C)cc21. The number of hydrogen-bond acceptors (Lipinski definition) is 3. The monoisotopic (exact) mass is 315 g/mol. The van der Waals surface area contributed by atoms with Crippen molar-refractivity contribution in [3.8, 4) is 0 Å². The van der Waals surface area contributed by atoms with Gasteiger partial charge in [0.25, 0.3) is 0 Å². The van der Waals surface area contributed by atoms with Crippen LogP contribution in [0.15, 0.2) is 23.0 Å². The van der Waals surface area contributed by atoms with Crippen molar-refractivity contribution in [2.75, 3.05) is 0 Å². The highest BCUT2D eigenvalue weighted by atomic mass is 16.2. The highest BCUT2D eigenvalue weighted by molar-refractivity contribution is 6.00. The van der Waals surface area contributed by atoms with E-state index in [9.17, 15) is 14.4 Å². The topological polar surface area (TPSA) is 73.1 Å². The number of carbonyl (C=O) groups is 2. The fourth-order valence-electron chi connectivity index (χ4n) is 3.06. The van der Waals surface area contributed by atoms with Crippen molar-refractivity contribution >= 4 is 22.8 Å². The van der Waals surface area contributed by atoms with Crippen LogP contribution < -0.4 is 11.0 Å². The second kappa shape index (κ2) is 5.08. The molecule has 23 heavy (non-hydrogen) atoms. The van der Waals surface area contributed by atoms with Crippen LogP contribution >= 0.6 is 0 Å². The molecule has 1 atom stereocenters. The Labute approximate surface area is 134 Å². The van der Waals surface area contributed by atoms with Gasteiger partial charge in [-0.1, -0.05) is 26.8 Å². The average molecular weight is 315 g/mol. The van der Waals surface area contributed by atoms with Gasteiger partial charge in [-0.15, -0.1) is 0 Å². The van der Waals surface area contributed by atoms with Crippen LogP contribution in [-0.4, -0.2) is 20.9 Å². The summed E-state index contributed by atoms with van der Waals surface area (Å²) in [5.41, 5.74) is 2.38. The molecule has 3 rings (SSSR count). The first-order chi connectivity index (χ1) is 10.7. The lowest BCUT2D eigenvalue weighted by Crippen LogP contribution is -2.44. The molecule has 1 fully saturated rings.